The van der Waals surface area contributed by atoms with E-state index in [9.17, 15) is 14.4 Å². The summed E-state index contributed by atoms with van der Waals surface area (Å²) < 4.78 is 0. The molecule has 0 unspecified atom stereocenters. The molecule has 0 heterocycles. The Kier molecular flexibility index (Phi) is 6.91. The van der Waals surface area contributed by atoms with E-state index in [0.29, 0.717) is 13.1 Å². The summed E-state index contributed by atoms with van der Waals surface area (Å²) in [5, 5.41) is 10.4. The standard InChI is InChI=1S/C10H18N2O4/c1-3-5-12(6-4-2)10(16)11-8(13)7-9(14)15/h3-7H2,1-2H3,(H,14,15)(H,11,13,16). The molecular weight excluding hydrogens is 212 g/mol. The highest BCUT2D eigenvalue weighted by atomic mass is 16.4. The predicted octanol–water partition coefficient (Wildman–Crippen LogP) is 0.819. The topological polar surface area (TPSA) is 86.7 Å². The molecule has 6 nitrogen and oxygen atoms in total. The Hall–Kier alpha value is -1.59. The summed E-state index contributed by atoms with van der Waals surface area (Å²) in [7, 11) is 0. The van der Waals surface area contributed by atoms with Gasteiger partial charge in [0, 0.05) is 13.1 Å². The fourth-order valence-electron chi connectivity index (χ4n) is 1.23. The molecular formula is C10H18N2O4. The molecule has 0 bridgehead atoms. The van der Waals surface area contributed by atoms with Crippen LogP contribution in [0.15, 0.2) is 0 Å². The first kappa shape index (κ1) is 14.4. The number of nitrogens with one attached hydrogen (secondary N) is 1. The number of nitrogens with zero attached hydrogens (tertiary/aromatic N) is 1. The van der Waals surface area contributed by atoms with Crippen LogP contribution in [0.25, 0.3) is 0 Å². The summed E-state index contributed by atoms with van der Waals surface area (Å²) in [6, 6.07) is -0.519. The summed E-state index contributed by atoms with van der Waals surface area (Å²) in [4.78, 5) is 34.3. The van der Waals surface area contributed by atoms with Crippen molar-refractivity contribution in [3.05, 3.63) is 0 Å². The fourth-order valence-corrected chi connectivity index (χ4v) is 1.23. The van der Waals surface area contributed by atoms with Gasteiger partial charge in [-0.15, -0.1) is 0 Å². The van der Waals surface area contributed by atoms with Crippen LogP contribution in [0.3, 0.4) is 0 Å². The van der Waals surface area contributed by atoms with Crippen LogP contribution in [0.1, 0.15) is 33.1 Å². The third-order valence-corrected chi connectivity index (χ3v) is 1.83. The lowest BCUT2D eigenvalue weighted by Gasteiger charge is -2.20. The van der Waals surface area contributed by atoms with E-state index in [4.69, 9.17) is 5.11 Å². The molecule has 92 valence electrons. The number of rotatable bonds is 6. The van der Waals surface area contributed by atoms with Crippen LogP contribution in [0.2, 0.25) is 0 Å². The number of carbonyl (C=O) groups is 3. The smallest absolute Gasteiger partial charge is 0.324 e. The van der Waals surface area contributed by atoms with Gasteiger partial charge in [0.1, 0.15) is 6.42 Å². The number of amides is 3. The van der Waals surface area contributed by atoms with E-state index in [1.807, 2.05) is 19.2 Å². The Bertz CT molecular complexity index is 260. The van der Waals surface area contributed by atoms with Crippen molar-refractivity contribution in [1.82, 2.24) is 10.2 Å². The number of aliphatic carboxylic acids is 1. The first-order valence-corrected chi connectivity index (χ1v) is 5.31. The van der Waals surface area contributed by atoms with Crippen LogP contribution in [0.5, 0.6) is 0 Å². The van der Waals surface area contributed by atoms with Gasteiger partial charge in [-0.2, -0.15) is 0 Å². The van der Waals surface area contributed by atoms with Crippen molar-refractivity contribution in [1.29, 1.82) is 0 Å². The van der Waals surface area contributed by atoms with E-state index < -0.39 is 24.3 Å². The second kappa shape index (κ2) is 7.67. The number of hydrogen-bond donors (Lipinski definition) is 2. The van der Waals surface area contributed by atoms with Crippen molar-refractivity contribution >= 4 is 17.9 Å². The van der Waals surface area contributed by atoms with Gasteiger partial charge in [-0.3, -0.25) is 14.9 Å². The zero-order valence-corrected chi connectivity index (χ0v) is 9.65. The van der Waals surface area contributed by atoms with Gasteiger partial charge in [0.05, 0.1) is 0 Å². The number of carboxylic acids is 1. The van der Waals surface area contributed by atoms with Gasteiger partial charge in [0.2, 0.25) is 5.91 Å². The highest BCUT2D eigenvalue weighted by Gasteiger charge is 2.16. The molecule has 0 radical (unpaired) electrons. The Morgan fingerprint density at radius 3 is 2.00 bits per heavy atom. The van der Waals surface area contributed by atoms with Crippen LogP contribution in [0.4, 0.5) is 4.79 Å². The molecule has 0 saturated heterocycles. The SMILES string of the molecule is CCCN(CCC)C(=O)NC(=O)CC(=O)O. The monoisotopic (exact) mass is 230 g/mol. The minimum absolute atomic E-state index is 0.519. The molecule has 0 spiro atoms. The Labute approximate surface area is 94.6 Å². The molecule has 0 aromatic heterocycles. The maximum absolute atomic E-state index is 11.5. The molecule has 0 aromatic rings. The van der Waals surface area contributed by atoms with Crippen LogP contribution >= 0.6 is 0 Å². The first-order chi connectivity index (χ1) is 7.51. The lowest BCUT2D eigenvalue weighted by atomic mass is 10.3. The maximum Gasteiger partial charge on any atom is 0.324 e. The van der Waals surface area contributed by atoms with Crippen LogP contribution in [-0.4, -0.2) is 41.0 Å². The summed E-state index contributed by atoms with van der Waals surface area (Å²) in [6.45, 7) is 4.96. The average molecular weight is 230 g/mol. The van der Waals surface area contributed by atoms with Crippen molar-refractivity contribution in [3.63, 3.8) is 0 Å². The molecule has 16 heavy (non-hydrogen) atoms. The van der Waals surface area contributed by atoms with Gasteiger partial charge in [-0.05, 0) is 12.8 Å². The summed E-state index contributed by atoms with van der Waals surface area (Å²) >= 11 is 0. The molecule has 0 fully saturated rings. The molecule has 0 aliphatic heterocycles. The second-order valence-corrected chi connectivity index (χ2v) is 3.41. The van der Waals surface area contributed by atoms with E-state index in [0.717, 1.165) is 12.8 Å². The zero-order valence-electron chi connectivity index (χ0n) is 9.65. The van der Waals surface area contributed by atoms with Crippen molar-refractivity contribution in [3.8, 4) is 0 Å². The summed E-state index contributed by atoms with van der Waals surface area (Å²) in [5.74, 6) is -2.03. The van der Waals surface area contributed by atoms with Gasteiger partial charge < -0.3 is 10.0 Å². The van der Waals surface area contributed by atoms with E-state index in [-0.39, 0.29) is 0 Å². The largest absolute Gasteiger partial charge is 0.481 e. The van der Waals surface area contributed by atoms with Crippen LogP contribution in [0, 0.1) is 0 Å². The van der Waals surface area contributed by atoms with Crippen molar-refractivity contribution in [2.75, 3.05) is 13.1 Å². The highest BCUT2D eigenvalue weighted by Crippen LogP contribution is 1.95. The molecule has 0 aliphatic carbocycles. The van der Waals surface area contributed by atoms with Gasteiger partial charge >= 0.3 is 12.0 Å². The molecule has 0 aromatic carbocycles. The minimum Gasteiger partial charge on any atom is -0.481 e. The molecule has 0 saturated carbocycles. The lowest BCUT2D eigenvalue weighted by molar-refractivity contribution is -0.140. The average Bonchev–Trinajstić information content (AvgIpc) is 2.15. The Balaban J connectivity index is 4.18. The number of carbonyl (C=O) groups excluding carboxylic acids is 2. The molecule has 3 amide bonds. The summed E-state index contributed by atoms with van der Waals surface area (Å²) in [5.41, 5.74) is 0. The van der Waals surface area contributed by atoms with E-state index in [2.05, 4.69) is 0 Å². The van der Waals surface area contributed by atoms with Gasteiger partial charge in [0.25, 0.3) is 0 Å². The van der Waals surface area contributed by atoms with Crippen LogP contribution < -0.4 is 5.32 Å². The number of urea groups is 1. The lowest BCUT2D eigenvalue weighted by Crippen LogP contribution is -2.44. The Morgan fingerprint density at radius 1 is 1.12 bits per heavy atom. The second-order valence-electron chi connectivity index (χ2n) is 3.41. The van der Waals surface area contributed by atoms with Gasteiger partial charge in [-0.1, -0.05) is 13.8 Å². The predicted molar refractivity (Wildman–Crippen MR) is 57.9 cm³/mol. The van der Waals surface area contributed by atoms with E-state index >= 15 is 0 Å². The highest BCUT2D eigenvalue weighted by molar-refractivity contribution is 6.01. The molecule has 0 atom stereocenters. The third kappa shape index (κ3) is 6.00. The number of imide groups is 1. The molecule has 0 rings (SSSR count). The van der Waals surface area contributed by atoms with E-state index in [1.54, 1.807) is 0 Å². The first-order valence-electron chi connectivity index (χ1n) is 5.31. The number of hydrogen-bond acceptors (Lipinski definition) is 3. The van der Waals surface area contributed by atoms with Crippen molar-refractivity contribution in [2.45, 2.75) is 33.1 Å². The fraction of sp³-hybridized carbons (Fsp3) is 0.700. The number of carboxylic acid groups (broad SMARTS) is 1. The Morgan fingerprint density at radius 2 is 1.62 bits per heavy atom. The van der Waals surface area contributed by atoms with Crippen molar-refractivity contribution < 1.29 is 19.5 Å². The minimum atomic E-state index is -1.25. The maximum atomic E-state index is 11.5. The summed E-state index contributed by atoms with van der Waals surface area (Å²) in [6.07, 6.45) is 0.902. The normalized spacial score (nSPS) is 9.62. The zero-order chi connectivity index (χ0) is 12.6. The van der Waals surface area contributed by atoms with Crippen LogP contribution in [-0.2, 0) is 9.59 Å². The molecule has 0 aliphatic rings. The van der Waals surface area contributed by atoms with Gasteiger partial charge in [0.15, 0.2) is 0 Å². The molecule has 6 heteroatoms. The van der Waals surface area contributed by atoms with E-state index in [1.165, 1.54) is 4.90 Å². The molecule has 2 N–H and O–H groups in total. The van der Waals surface area contributed by atoms with Gasteiger partial charge in [-0.25, -0.2) is 4.79 Å². The third-order valence-electron chi connectivity index (χ3n) is 1.83. The quantitative estimate of drug-likeness (QED) is 0.661. The van der Waals surface area contributed by atoms with Crippen molar-refractivity contribution in [2.24, 2.45) is 0 Å².